The second-order valence-corrected chi connectivity index (χ2v) is 2.91. The Morgan fingerprint density at radius 2 is 1.22 bits per heavy atom. The Kier molecular flexibility index (Phi) is 4.49. The van der Waals surface area contributed by atoms with E-state index in [2.05, 4.69) is 0 Å². The van der Waals surface area contributed by atoms with Crippen LogP contribution in [0.4, 0.5) is 48.3 Å². The molecule has 0 spiro atoms. The second kappa shape index (κ2) is 4.70. The normalized spacial score (nSPS) is 18.0. The first-order chi connectivity index (χ1) is 7.71. The van der Waals surface area contributed by atoms with Crippen LogP contribution < -0.4 is 0 Å². The number of alkyl halides is 11. The molecule has 0 rings (SSSR count). The lowest BCUT2D eigenvalue weighted by Gasteiger charge is -2.33. The first-order valence-corrected chi connectivity index (χ1v) is 3.77. The molecule has 0 aliphatic carbocycles. The third-order valence-corrected chi connectivity index (χ3v) is 1.61. The quantitative estimate of drug-likeness (QED) is 0.704. The smallest absolute Gasteiger partial charge is 0.248 e. The van der Waals surface area contributed by atoms with Crippen LogP contribution in [0.25, 0.3) is 0 Å². The van der Waals surface area contributed by atoms with E-state index in [0.717, 1.165) is 0 Å². The van der Waals surface area contributed by atoms with E-state index in [1.165, 1.54) is 0 Å². The zero-order chi connectivity index (χ0) is 15.0. The highest BCUT2D eigenvalue weighted by Gasteiger charge is 2.75. The lowest BCUT2D eigenvalue weighted by Crippen LogP contribution is -2.60. The van der Waals surface area contributed by atoms with Gasteiger partial charge in [0.15, 0.2) is 0 Å². The van der Waals surface area contributed by atoms with E-state index in [4.69, 9.17) is 0 Å². The summed E-state index contributed by atoms with van der Waals surface area (Å²) in [7, 11) is 0. The number of halogens is 11. The molecule has 0 aliphatic rings. The van der Waals surface area contributed by atoms with Crippen LogP contribution in [0.2, 0.25) is 0 Å². The fraction of sp³-hybridized carbons (Fsp3) is 1.00. The monoisotopic (exact) mass is 300 g/mol. The molecule has 110 valence electrons. The summed E-state index contributed by atoms with van der Waals surface area (Å²) >= 11 is 0. The Morgan fingerprint density at radius 3 is 1.44 bits per heavy atom. The van der Waals surface area contributed by atoms with Crippen LogP contribution in [0.15, 0.2) is 0 Å². The lowest BCUT2D eigenvalue weighted by atomic mass is 10.1. The molecule has 0 aliphatic heterocycles. The number of ether oxygens (including phenoxy) is 1. The van der Waals surface area contributed by atoms with Gasteiger partial charge in [-0.3, -0.25) is 0 Å². The van der Waals surface area contributed by atoms with E-state index in [-0.39, 0.29) is 0 Å². The molecule has 1 atom stereocenters. The minimum atomic E-state index is -6.65. The van der Waals surface area contributed by atoms with Crippen LogP contribution in [0.1, 0.15) is 0 Å². The van der Waals surface area contributed by atoms with Crippen molar-refractivity contribution in [2.45, 2.75) is 30.5 Å². The van der Waals surface area contributed by atoms with Crippen LogP contribution in [0.3, 0.4) is 0 Å². The van der Waals surface area contributed by atoms with Crippen molar-refractivity contribution >= 4 is 0 Å². The van der Waals surface area contributed by atoms with Crippen LogP contribution in [0, 0.1) is 0 Å². The van der Waals surface area contributed by atoms with Gasteiger partial charge in [0.2, 0.25) is 0 Å². The topological polar surface area (TPSA) is 9.23 Å². The summed E-state index contributed by atoms with van der Waals surface area (Å²) in [6.45, 7) is -3.50. The Labute approximate surface area is 91.5 Å². The molecule has 0 radical (unpaired) electrons. The summed E-state index contributed by atoms with van der Waals surface area (Å²) in [5.41, 5.74) is -6.17. The van der Waals surface area contributed by atoms with Gasteiger partial charge >= 0.3 is 30.5 Å². The first kappa shape index (κ1) is 17.2. The van der Waals surface area contributed by atoms with Crippen molar-refractivity contribution < 1.29 is 53.0 Å². The number of hydrogen-bond donors (Lipinski definition) is 0. The van der Waals surface area contributed by atoms with Crippen molar-refractivity contribution in [3.05, 3.63) is 0 Å². The Hall–Kier alpha value is -0.810. The molecule has 0 aromatic rings. The number of rotatable bonds is 5. The molecule has 1 nitrogen and oxygen atoms in total. The van der Waals surface area contributed by atoms with Crippen LogP contribution in [0.5, 0.6) is 0 Å². The van der Waals surface area contributed by atoms with Crippen molar-refractivity contribution in [3.8, 4) is 0 Å². The summed E-state index contributed by atoms with van der Waals surface area (Å²) in [5.74, 6) is 0. The van der Waals surface area contributed by atoms with Crippen molar-refractivity contribution in [2.24, 2.45) is 0 Å². The molecule has 1 unspecified atom stereocenters. The molecule has 0 saturated carbocycles. The van der Waals surface area contributed by atoms with Gasteiger partial charge in [-0.1, -0.05) is 0 Å². The largest absolute Gasteiger partial charge is 0.433 e. The Bertz CT molecular complexity index is 284. The molecule has 0 bridgehead atoms. The minimum absolute atomic E-state index is 1.82. The van der Waals surface area contributed by atoms with Crippen molar-refractivity contribution in [3.63, 3.8) is 0 Å². The van der Waals surface area contributed by atoms with Gasteiger partial charge in [-0.15, -0.1) is 0 Å². The molecule has 0 fully saturated rings. The third kappa shape index (κ3) is 2.95. The highest BCUT2D eigenvalue weighted by atomic mass is 19.4. The van der Waals surface area contributed by atoms with Gasteiger partial charge < -0.3 is 0 Å². The Balaban J connectivity index is 5.37. The molecular weight excluding hydrogens is 297 g/mol. The van der Waals surface area contributed by atoms with Crippen LogP contribution >= 0.6 is 0 Å². The van der Waals surface area contributed by atoms with Crippen LogP contribution in [-0.4, -0.2) is 37.2 Å². The molecule has 0 N–H and O–H groups in total. The molecule has 0 saturated heterocycles. The van der Waals surface area contributed by atoms with Gasteiger partial charge in [0.05, 0.1) is 0 Å². The second-order valence-electron chi connectivity index (χ2n) is 2.91. The zero-order valence-corrected chi connectivity index (χ0v) is 7.85. The fourth-order valence-corrected chi connectivity index (χ4v) is 0.615. The zero-order valence-electron chi connectivity index (χ0n) is 7.85. The maximum atomic E-state index is 12.6. The number of hydrogen-bond acceptors (Lipinski definition) is 1. The fourth-order valence-electron chi connectivity index (χ4n) is 0.615. The predicted octanol–water partition coefficient (Wildman–Crippen LogP) is 3.69. The van der Waals surface area contributed by atoms with E-state index >= 15 is 0 Å². The third-order valence-electron chi connectivity index (χ3n) is 1.61. The first-order valence-electron chi connectivity index (χ1n) is 3.77. The molecule has 0 amide bonds. The molecular formula is C6H3F11O. The standard InChI is InChI=1S/C6H3F11O/c7-1-3(10,5(13,14)15)6(16,17)18-4(11,12)2(8)9/h2H,1H2. The van der Waals surface area contributed by atoms with Crippen molar-refractivity contribution in [2.75, 3.05) is 6.67 Å². The summed E-state index contributed by atoms with van der Waals surface area (Å²) < 4.78 is 133. The summed E-state index contributed by atoms with van der Waals surface area (Å²) in [6, 6.07) is 0. The average Bonchev–Trinajstić information content (AvgIpc) is 2.12. The minimum Gasteiger partial charge on any atom is -0.248 e. The molecule has 0 aromatic heterocycles. The van der Waals surface area contributed by atoms with Gasteiger partial charge in [0.1, 0.15) is 6.67 Å². The molecule has 0 heterocycles. The molecule has 18 heavy (non-hydrogen) atoms. The van der Waals surface area contributed by atoms with E-state index < -0.39 is 37.2 Å². The van der Waals surface area contributed by atoms with Crippen molar-refractivity contribution in [1.29, 1.82) is 0 Å². The van der Waals surface area contributed by atoms with E-state index in [9.17, 15) is 48.3 Å². The van der Waals surface area contributed by atoms with Crippen molar-refractivity contribution in [1.82, 2.24) is 0 Å². The maximum Gasteiger partial charge on any atom is 0.433 e. The Morgan fingerprint density at radius 1 is 0.833 bits per heavy atom. The SMILES string of the molecule is FCC(F)(C(F)(F)F)C(F)(F)OC(F)(F)C(F)F. The van der Waals surface area contributed by atoms with E-state index in [1.807, 2.05) is 4.74 Å². The van der Waals surface area contributed by atoms with Gasteiger partial charge in [-0.25, -0.2) is 22.3 Å². The summed E-state index contributed by atoms with van der Waals surface area (Å²) in [6.07, 6.45) is -24.2. The van der Waals surface area contributed by atoms with E-state index in [1.54, 1.807) is 0 Å². The van der Waals surface area contributed by atoms with Crippen LogP contribution in [-0.2, 0) is 4.74 Å². The molecule has 0 aromatic carbocycles. The highest BCUT2D eigenvalue weighted by Crippen LogP contribution is 2.48. The maximum absolute atomic E-state index is 12.6. The lowest BCUT2D eigenvalue weighted by molar-refractivity contribution is -0.460. The van der Waals surface area contributed by atoms with Gasteiger partial charge in [-0.05, 0) is 0 Å². The average molecular weight is 300 g/mol. The van der Waals surface area contributed by atoms with Gasteiger partial charge in [0.25, 0.3) is 0 Å². The van der Waals surface area contributed by atoms with E-state index in [0.29, 0.717) is 0 Å². The van der Waals surface area contributed by atoms with Gasteiger partial charge in [-0.2, -0.15) is 30.7 Å². The molecule has 12 heteroatoms. The predicted molar refractivity (Wildman–Crippen MR) is 32.9 cm³/mol. The van der Waals surface area contributed by atoms with Gasteiger partial charge in [0, 0.05) is 0 Å². The highest BCUT2D eigenvalue weighted by molar-refractivity contribution is 4.95. The summed E-state index contributed by atoms with van der Waals surface area (Å²) in [4.78, 5) is 0. The summed E-state index contributed by atoms with van der Waals surface area (Å²) in [5, 5.41) is 0.